The van der Waals surface area contributed by atoms with Gasteiger partial charge < -0.3 is 20.0 Å². The molecule has 3 aromatic rings. The van der Waals surface area contributed by atoms with Gasteiger partial charge in [0.25, 0.3) is 6.01 Å². The second-order valence-electron chi connectivity index (χ2n) is 5.65. The Kier molecular flexibility index (Phi) is 4.33. The molecule has 2 amide bonds. The Morgan fingerprint density at radius 2 is 2.12 bits per heavy atom. The van der Waals surface area contributed by atoms with Crippen LogP contribution in [0.15, 0.2) is 40.9 Å². The van der Waals surface area contributed by atoms with Gasteiger partial charge in [0.1, 0.15) is 5.52 Å². The van der Waals surface area contributed by atoms with Crippen molar-refractivity contribution in [3.05, 3.63) is 47.8 Å². The quantitative estimate of drug-likeness (QED) is 0.770. The number of rotatable bonds is 4. The van der Waals surface area contributed by atoms with Crippen LogP contribution in [0.2, 0.25) is 0 Å². The predicted octanol–water partition coefficient (Wildman–Crippen LogP) is 2.92. The van der Waals surface area contributed by atoms with Gasteiger partial charge in [0.15, 0.2) is 5.58 Å². The molecular formula is C17H19N5O2. The molecule has 0 spiro atoms. The smallest absolute Gasteiger partial charge is 0.319 e. The van der Waals surface area contributed by atoms with E-state index in [4.69, 9.17) is 4.42 Å². The van der Waals surface area contributed by atoms with Crippen LogP contribution < -0.4 is 15.5 Å². The second-order valence-corrected chi connectivity index (χ2v) is 5.65. The van der Waals surface area contributed by atoms with E-state index in [1.165, 1.54) is 0 Å². The molecule has 0 unspecified atom stereocenters. The molecule has 1 aromatic carbocycles. The average molecular weight is 325 g/mol. The number of anilines is 2. The van der Waals surface area contributed by atoms with Crippen LogP contribution in [0, 0.1) is 6.92 Å². The highest BCUT2D eigenvalue weighted by atomic mass is 16.4. The number of hydrogen-bond donors (Lipinski definition) is 2. The topological polar surface area (TPSA) is 83.3 Å². The number of urea groups is 1. The Labute approximate surface area is 139 Å². The maximum Gasteiger partial charge on any atom is 0.319 e. The molecule has 24 heavy (non-hydrogen) atoms. The van der Waals surface area contributed by atoms with Gasteiger partial charge in [-0.2, -0.15) is 4.98 Å². The summed E-state index contributed by atoms with van der Waals surface area (Å²) >= 11 is 0. The summed E-state index contributed by atoms with van der Waals surface area (Å²) in [6.07, 6.45) is 1.71. The van der Waals surface area contributed by atoms with Crippen LogP contribution in [-0.2, 0) is 6.54 Å². The molecule has 0 radical (unpaired) electrons. The number of nitrogens with one attached hydrogen (secondary N) is 2. The van der Waals surface area contributed by atoms with Crippen molar-refractivity contribution in [2.45, 2.75) is 13.5 Å². The second kappa shape index (κ2) is 6.57. The third kappa shape index (κ3) is 3.45. The fourth-order valence-electron chi connectivity index (χ4n) is 2.22. The van der Waals surface area contributed by atoms with Gasteiger partial charge >= 0.3 is 6.03 Å². The van der Waals surface area contributed by atoms with Crippen LogP contribution in [-0.4, -0.2) is 30.1 Å². The van der Waals surface area contributed by atoms with Gasteiger partial charge in [-0.15, -0.1) is 0 Å². The summed E-state index contributed by atoms with van der Waals surface area (Å²) in [5.74, 6) is 0. The van der Waals surface area contributed by atoms with E-state index in [2.05, 4.69) is 20.6 Å². The molecule has 2 heterocycles. The summed E-state index contributed by atoms with van der Waals surface area (Å²) in [6, 6.07) is 9.40. The number of carbonyl (C=O) groups excluding carboxylic acids is 1. The van der Waals surface area contributed by atoms with Gasteiger partial charge in [-0.1, -0.05) is 6.07 Å². The van der Waals surface area contributed by atoms with E-state index < -0.39 is 0 Å². The zero-order chi connectivity index (χ0) is 17.1. The average Bonchev–Trinajstić information content (AvgIpc) is 2.98. The first-order valence-electron chi connectivity index (χ1n) is 7.56. The number of oxazole rings is 1. The van der Waals surface area contributed by atoms with Gasteiger partial charge in [-0.05, 0) is 30.7 Å². The highest BCUT2D eigenvalue weighted by Crippen LogP contribution is 2.23. The number of nitrogens with zero attached hydrogens (tertiary/aromatic N) is 3. The number of aromatic nitrogens is 2. The summed E-state index contributed by atoms with van der Waals surface area (Å²) < 4.78 is 5.63. The van der Waals surface area contributed by atoms with E-state index >= 15 is 0 Å². The van der Waals surface area contributed by atoms with E-state index in [-0.39, 0.29) is 6.03 Å². The highest BCUT2D eigenvalue weighted by molar-refractivity contribution is 5.91. The van der Waals surface area contributed by atoms with Gasteiger partial charge in [-0.25, -0.2) is 4.79 Å². The van der Waals surface area contributed by atoms with Crippen LogP contribution in [0.25, 0.3) is 11.1 Å². The summed E-state index contributed by atoms with van der Waals surface area (Å²) in [5.41, 5.74) is 3.89. The zero-order valence-electron chi connectivity index (χ0n) is 13.8. The van der Waals surface area contributed by atoms with E-state index in [1.54, 1.807) is 23.2 Å². The van der Waals surface area contributed by atoms with Crippen LogP contribution in [0.4, 0.5) is 16.5 Å². The zero-order valence-corrected chi connectivity index (χ0v) is 13.8. The van der Waals surface area contributed by atoms with Crippen LogP contribution in [0.5, 0.6) is 0 Å². The number of aryl methyl sites for hydroxylation is 1. The van der Waals surface area contributed by atoms with Gasteiger partial charge in [0, 0.05) is 32.0 Å². The van der Waals surface area contributed by atoms with Crippen LogP contribution >= 0.6 is 0 Å². The maximum atomic E-state index is 12.0. The molecule has 0 aliphatic rings. The third-order valence-corrected chi connectivity index (χ3v) is 3.55. The van der Waals surface area contributed by atoms with Crippen molar-refractivity contribution in [3.8, 4) is 0 Å². The largest absolute Gasteiger partial charge is 0.423 e. The third-order valence-electron chi connectivity index (χ3n) is 3.55. The van der Waals surface area contributed by atoms with Crippen LogP contribution in [0.3, 0.4) is 0 Å². The SMILES string of the molecule is Cc1cccnc1CNC(=O)Nc1ccc2nc(N(C)C)oc2c1. The summed E-state index contributed by atoms with van der Waals surface area (Å²) in [7, 11) is 3.72. The first kappa shape index (κ1) is 15.8. The number of fused-ring (bicyclic) bond motifs is 1. The summed E-state index contributed by atoms with van der Waals surface area (Å²) in [4.78, 5) is 22.4. The maximum absolute atomic E-state index is 12.0. The molecule has 3 rings (SSSR count). The van der Waals surface area contributed by atoms with Crippen molar-refractivity contribution in [3.63, 3.8) is 0 Å². The van der Waals surface area contributed by atoms with Gasteiger partial charge in [0.05, 0.1) is 12.2 Å². The number of benzene rings is 1. The molecular weight excluding hydrogens is 306 g/mol. The fraction of sp³-hybridized carbons (Fsp3) is 0.235. The number of hydrogen-bond acceptors (Lipinski definition) is 5. The van der Waals surface area contributed by atoms with Crippen LogP contribution in [0.1, 0.15) is 11.3 Å². The minimum Gasteiger partial charge on any atom is -0.423 e. The van der Waals surface area contributed by atoms with E-state index in [0.717, 1.165) is 16.8 Å². The van der Waals surface area contributed by atoms with Crippen molar-refractivity contribution < 1.29 is 9.21 Å². The Morgan fingerprint density at radius 3 is 2.88 bits per heavy atom. The standard InChI is InChI=1S/C17H19N5O2/c1-11-5-4-8-18-14(11)10-19-16(23)20-12-6-7-13-15(9-12)24-17(21-13)22(2)3/h4-9H,10H2,1-3H3,(H2,19,20,23). The minimum atomic E-state index is -0.299. The first-order chi connectivity index (χ1) is 11.5. The molecule has 0 aliphatic heterocycles. The fourth-order valence-corrected chi connectivity index (χ4v) is 2.22. The van der Waals surface area contributed by atoms with Crippen molar-refractivity contribution in [2.24, 2.45) is 0 Å². The molecule has 124 valence electrons. The minimum absolute atomic E-state index is 0.299. The lowest BCUT2D eigenvalue weighted by Crippen LogP contribution is -2.28. The Morgan fingerprint density at radius 1 is 1.29 bits per heavy atom. The molecule has 7 heteroatoms. The molecule has 0 atom stereocenters. The summed E-state index contributed by atoms with van der Waals surface area (Å²) in [5, 5.41) is 5.58. The molecule has 2 N–H and O–H groups in total. The number of pyridine rings is 1. The van der Waals surface area contributed by atoms with Crippen molar-refractivity contribution in [1.82, 2.24) is 15.3 Å². The van der Waals surface area contributed by atoms with E-state index in [1.807, 2.05) is 39.2 Å². The Balaban J connectivity index is 1.65. The van der Waals surface area contributed by atoms with Crippen molar-refractivity contribution in [1.29, 1.82) is 0 Å². The normalized spacial score (nSPS) is 10.6. The lowest BCUT2D eigenvalue weighted by Gasteiger charge is -2.08. The molecule has 2 aromatic heterocycles. The molecule has 7 nitrogen and oxygen atoms in total. The van der Waals surface area contributed by atoms with Crippen molar-refractivity contribution >= 4 is 28.8 Å². The molecule has 0 bridgehead atoms. The van der Waals surface area contributed by atoms with Crippen molar-refractivity contribution in [2.75, 3.05) is 24.3 Å². The lowest BCUT2D eigenvalue weighted by molar-refractivity contribution is 0.251. The first-order valence-corrected chi connectivity index (χ1v) is 7.56. The Bertz CT molecular complexity index is 872. The molecule has 0 fully saturated rings. The summed E-state index contributed by atoms with van der Waals surface area (Å²) in [6.45, 7) is 2.33. The molecule has 0 saturated heterocycles. The number of amides is 2. The van der Waals surface area contributed by atoms with E-state index in [9.17, 15) is 4.79 Å². The lowest BCUT2D eigenvalue weighted by atomic mass is 10.2. The predicted molar refractivity (Wildman–Crippen MR) is 93.2 cm³/mol. The number of carbonyl (C=O) groups is 1. The van der Waals surface area contributed by atoms with Gasteiger partial charge in [0.2, 0.25) is 0 Å². The van der Waals surface area contributed by atoms with Gasteiger partial charge in [-0.3, -0.25) is 4.98 Å². The van der Waals surface area contributed by atoms with E-state index in [0.29, 0.717) is 23.8 Å². The molecule has 0 saturated carbocycles. The highest BCUT2D eigenvalue weighted by Gasteiger charge is 2.09. The molecule has 0 aliphatic carbocycles. The monoisotopic (exact) mass is 325 g/mol. The Hall–Kier alpha value is -3.09.